The van der Waals surface area contributed by atoms with Crippen LogP contribution in [-0.4, -0.2) is 17.6 Å². The maximum Gasteiger partial charge on any atom is 0.280 e. The monoisotopic (exact) mass is 235 g/mol. The Balaban J connectivity index is 2.60. The van der Waals surface area contributed by atoms with Crippen molar-refractivity contribution in [2.24, 2.45) is 0 Å². The van der Waals surface area contributed by atoms with Crippen molar-refractivity contribution in [2.45, 2.75) is 20.0 Å². The van der Waals surface area contributed by atoms with Gasteiger partial charge in [-0.3, -0.25) is 10.1 Å². The van der Waals surface area contributed by atoms with Crippen LogP contribution in [0.2, 0.25) is 0 Å². The Hall–Kier alpha value is -2.04. The molecule has 0 radical (unpaired) electrons. The Morgan fingerprint density at radius 3 is 2.94 bits per heavy atom. The molecule has 1 aliphatic heterocycles. The molecule has 1 aliphatic rings. The van der Waals surface area contributed by atoms with Crippen LogP contribution < -0.4 is 9.47 Å². The molecule has 1 heterocycles. The minimum Gasteiger partial charge on any atom is -0.486 e. The number of benzene rings is 1. The van der Waals surface area contributed by atoms with Gasteiger partial charge in [-0.2, -0.15) is 0 Å². The Kier molecular flexibility index (Phi) is 2.99. The van der Waals surface area contributed by atoms with Crippen molar-refractivity contribution in [1.29, 1.82) is 0 Å². The van der Waals surface area contributed by atoms with Gasteiger partial charge in [-0.1, -0.05) is 6.08 Å². The molecule has 0 saturated heterocycles. The van der Waals surface area contributed by atoms with Crippen LogP contribution in [-0.2, 0) is 0 Å². The van der Waals surface area contributed by atoms with Crippen LogP contribution in [0.15, 0.2) is 18.2 Å². The van der Waals surface area contributed by atoms with E-state index in [1.54, 1.807) is 25.1 Å². The van der Waals surface area contributed by atoms with Gasteiger partial charge < -0.3 is 9.47 Å². The van der Waals surface area contributed by atoms with Gasteiger partial charge in [0.1, 0.15) is 12.7 Å². The second-order valence-corrected chi connectivity index (χ2v) is 3.82. The van der Waals surface area contributed by atoms with Gasteiger partial charge in [-0.15, -0.1) is 0 Å². The van der Waals surface area contributed by atoms with Crippen molar-refractivity contribution in [3.63, 3.8) is 0 Å². The summed E-state index contributed by atoms with van der Waals surface area (Å²) in [5.41, 5.74) is 0.487. The van der Waals surface area contributed by atoms with Crippen molar-refractivity contribution in [3.05, 3.63) is 33.9 Å². The lowest BCUT2D eigenvalue weighted by Crippen LogP contribution is -2.26. The van der Waals surface area contributed by atoms with E-state index in [1.807, 2.05) is 6.92 Å². The van der Waals surface area contributed by atoms with Crippen LogP contribution in [0.3, 0.4) is 0 Å². The van der Waals surface area contributed by atoms with Crippen LogP contribution >= 0.6 is 0 Å². The SMILES string of the molecule is CC=Cc1c([N+](=O)[O-])ccc2c1OC(C)CO2. The highest BCUT2D eigenvalue weighted by Gasteiger charge is 2.25. The van der Waals surface area contributed by atoms with E-state index in [0.717, 1.165) is 0 Å². The highest BCUT2D eigenvalue weighted by atomic mass is 16.6. The van der Waals surface area contributed by atoms with E-state index in [-0.39, 0.29) is 11.8 Å². The van der Waals surface area contributed by atoms with Crippen molar-refractivity contribution in [3.8, 4) is 11.5 Å². The number of allylic oxidation sites excluding steroid dienone is 1. The predicted octanol–water partition coefficient (Wildman–Crippen LogP) is 2.79. The van der Waals surface area contributed by atoms with E-state index in [1.165, 1.54) is 6.07 Å². The average Bonchev–Trinajstić information content (AvgIpc) is 2.29. The van der Waals surface area contributed by atoms with Gasteiger partial charge in [0.2, 0.25) is 0 Å². The average molecular weight is 235 g/mol. The summed E-state index contributed by atoms with van der Waals surface area (Å²) in [6, 6.07) is 3.01. The number of hydrogen-bond acceptors (Lipinski definition) is 4. The number of rotatable bonds is 2. The minimum atomic E-state index is -0.418. The topological polar surface area (TPSA) is 61.6 Å². The highest BCUT2D eigenvalue weighted by molar-refractivity contribution is 5.71. The standard InChI is InChI=1S/C12H13NO4/c1-3-4-9-10(13(14)15)5-6-11-12(9)17-8(2)7-16-11/h3-6,8H,7H2,1-2H3. The van der Waals surface area contributed by atoms with Gasteiger partial charge >= 0.3 is 0 Å². The normalized spacial score (nSPS) is 18.4. The quantitative estimate of drug-likeness (QED) is 0.584. The zero-order valence-electron chi connectivity index (χ0n) is 9.67. The molecule has 1 aromatic carbocycles. The molecule has 17 heavy (non-hydrogen) atoms. The van der Waals surface area contributed by atoms with Gasteiger partial charge in [0, 0.05) is 6.07 Å². The van der Waals surface area contributed by atoms with Crippen LogP contribution in [0, 0.1) is 10.1 Å². The number of fused-ring (bicyclic) bond motifs is 1. The van der Waals surface area contributed by atoms with E-state index >= 15 is 0 Å². The van der Waals surface area contributed by atoms with E-state index in [0.29, 0.717) is 23.7 Å². The molecule has 0 fully saturated rings. The Labute approximate surface area is 98.8 Å². The van der Waals surface area contributed by atoms with Gasteiger partial charge in [0.05, 0.1) is 10.5 Å². The van der Waals surface area contributed by atoms with Crippen molar-refractivity contribution in [2.75, 3.05) is 6.61 Å². The Morgan fingerprint density at radius 2 is 2.29 bits per heavy atom. The summed E-state index contributed by atoms with van der Waals surface area (Å²) < 4.78 is 11.1. The number of nitrogens with zero attached hydrogens (tertiary/aromatic N) is 1. The summed E-state index contributed by atoms with van der Waals surface area (Å²) in [5, 5.41) is 10.9. The predicted molar refractivity (Wildman–Crippen MR) is 63.4 cm³/mol. The fourth-order valence-corrected chi connectivity index (χ4v) is 1.73. The third kappa shape index (κ3) is 2.08. The van der Waals surface area contributed by atoms with Crippen molar-refractivity contribution < 1.29 is 14.4 Å². The Bertz CT molecular complexity index is 482. The molecule has 0 aliphatic carbocycles. The summed E-state index contributed by atoms with van der Waals surface area (Å²) in [7, 11) is 0. The molecule has 5 heteroatoms. The van der Waals surface area contributed by atoms with E-state index in [4.69, 9.17) is 9.47 Å². The first kappa shape index (κ1) is 11.4. The summed E-state index contributed by atoms with van der Waals surface area (Å²) in [5.74, 6) is 1.01. The first-order chi connectivity index (χ1) is 8.13. The molecule has 0 amide bonds. The smallest absolute Gasteiger partial charge is 0.280 e. The molecule has 2 rings (SSSR count). The van der Waals surface area contributed by atoms with Gasteiger partial charge in [-0.05, 0) is 26.0 Å². The van der Waals surface area contributed by atoms with Crippen LogP contribution in [0.1, 0.15) is 19.4 Å². The summed E-state index contributed by atoms with van der Waals surface area (Å²) in [4.78, 5) is 10.5. The number of nitro groups is 1. The van der Waals surface area contributed by atoms with Crippen molar-refractivity contribution in [1.82, 2.24) is 0 Å². The lowest BCUT2D eigenvalue weighted by molar-refractivity contribution is -0.385. The highest BCUT2D eigenvalue weighted by Crippen LogP contribution is 2.40. The number of nitro benzene ring substituents is 1. The van der Waals surface area contributed by atoms with Crippen LogP contribution in [0.5, 0.6) is 11.5 Å². The summed E-state index contributed by atoms with van der Waals surface area (Å²) in [6.07, 6.45) is 3.30. The molecule has 90 valence electrons. The van der Waals surface area contributed by atoms with Gasteiger partial charge in [-0.25, -0.2) is 0 Å². The minimum absolute atomic E-state index is 0.0274. The fourth-order valence-electron chi connectivity index (χ4n) is 1.73. The first-order valence-electron chi connectivity index (χ1n) is 5.37. The molecule has 1 atom stereocenters. The molecule has 0 saturated carbocycles. The summed E-state index contributed by atoms with van der Waals surface area (Å²) >= 11 is 0. The lowest BCUT2D eigenvalue weighted by atomic mass is 10.1. The molecule has 5 nitrogen and oxygen atoms in total. The van der Waals surface area contributed by atoms with E-state index in [9.17, 15) is 10.1 Å². The molecular formula is C12H13NO4. The molecule has 0 aromatic heterocycles. The third-order valence-electron chi connectivity index (χ3n) is 2.46. The second kappa shape index (κ2) is 4.45. The number of ether oxygens (including phenoxy) is 2. The van der Waals surface area contributed by atoms with Crippen LogP contribution in [0.4, 0.5) is 5.69 Å². The summed E-state index contributed by atoms with van der Waals surface area (Å²) in [6.45, 7) is 4.12. The van der Waals surface area contributed by atoms with Gasteiger partial charge in [0.25, 0.3) is 5.69 Å². The largest absolute Gasteiger partial charge is 0.486 e. The fraction of sp³-hybridized carbons (Fsp3) is 0.333. The third-order valence-corrected chi connectivity index (χ3v) is 2.46. The molecular weight excluding hydrogens is 222 g/mol. The Morgan fingerprint density at radius 1 is 1.53 bits per heavy atom. The zero-order chi connectivity index (χ0) is 12.4. The maximum atomic E-state index is 10.9. The lowest BCUT2D eigenvalue weighted by Gasteiger charge is -2.25. The molecule has 1 unspecified atom stereocenters. The van der Waals surface area contributed by atoms with Gasteiger partial charge in [0.15, 0.2) is 11.5 Å². The van der Waals surface area contributed by atoms with Crippen molar-refractivity contribution >= 4 is 11.8 Å². The van der Waals surface area contributed by atoms with Crippen LogP contribution in [0.25, 0.3) is 6.08 Å². The molecule has 1 aromatic rings. The second-order valence-electron chi connectivity index (χ2n) is 3.82. The van der Waals surface area contributed by atoms with E-state index < -0.39 is 4.92 Å². The zero-order valence-corrected chi connectivity index (χ0v) is 9.67. The molecule has 0 N–H and O–H groups in total. The molecule has 0 spiro atoms. The van der Waals surface area contributed by atoms with E-state index in [2.05, 4.69) is 0 Å². The maximum absolute atomic E-state index is 10.9. The number of hydrogen-bond donors (Lipinski definition) is 0. The molecule has 0 bridgehead atoms. The first-order valence-corrected chi connectivity index (χ1v) is 5.37.